The summed E-state index contributed by atoms with van der Waals surface area (Å²) < 4.78 is 5.17. The van der Waals surface area contributed by atoms with Crippen molar-refractivity contribution in [1.29, 1.82) is 0 Å². The Morgan fingerprint density at radius 2 is 2.11 bits per heavy atom. The summed E-state index contributed by atoms with van der Waals surface area (Å²) in [7, 11) is 1.76. The number of hydrogen-bond acceptors (Lipinski definition) is 6. The average molecular weight is 399 g/mol. The van der Waals surface area contributed by atoms with Crippen molar-refractivity contribution in [2.75, 3.05) is 53.0 Å². The Morgan fingerprint density at radius 3 is 2.96 bits per heavy atom. The zero-order valence-corrected chi connectivity index (χ0v) is 17.6. The van der Waals surface area contributed by atoms with Gasteiger partial charge in [0, 0.05) is 51.2 Å². The quantitative estimate of drug-likeness (QED) is 0.251. The van der Waals surface area contributed by atoms with Gasteiger partial charge >= 0.3 is 0 Å². The first-order valence-electron chi connectivity index (χ1n) is 11.6. The Hall–Kier alpha value is -0.320. The van der Waals surface area contributed by atoms with Gasteiger partial charge in [0.2, 0.25) is 0 Å². The highest BCUT2D eigenvalue weighted by Gasteiger charge is 2.44. The van der Waals surface area contributed by atoms with E-state index in [9.17, 15) is 0 Å². The molecule has 4 rings (SSSR count). The molecule has 0 aromatic carbocycles. The van der Waals surface area contributed by atoms with Crippen LogP contribution in [0.25, 0.3) is 0 Å². The molecule has 4 aliphatic heterocycles. The average Bonchev–Trinajstić information content (AvgIpc) is 3.39. The van der Waals surface area contributed by atoms with E-state index >= 15 is 0 Å². The molecule has 5 unspecified atom stereocenters. The van der Waals surface area contributed by atoms with Gasteiger partial charge in [-0.15, -0.1) is 0 Å². The molecule has 0 saturated carbocycles. The van der Waals surface area contributed by atoms with Gasteiger partial charge in [0.05, 0.1) is 32.4 Å². The van der Waals surface area contributed by atoms with Gasteiger partial charge in [0.25, 0.3) is 0 Å². The molecule has 4 saturated heterocycles. The first-order valence-corrected chi connectivity index (χ1v) is 11.6. The van der Waals surface area contributed by atoms with Gasteiger partial charge < -0.3 is 20.3 Å². The van der Waals surface area contributed by atoms with Crippen LogP contribution in [0.1, 0.15) is 38.5 Å². The van der Waals surface area contributed by atoms with Crippen molar-refractivity contribution >= 4 is 0 Å². The fraction of sp³-hybridized carbons (Fsp3) is 1.00. The number of hydrogen-bond donors (Lipinski definition) is 6. The van der Waals surface area contributed by atoms with Crippen LogP contribution in [0.15, 0.2) is 0 Å². The number of quaternary nitrogens is 2. The molecular weight excluding hydrogens is 356 g/mol. The Balaban J connectivity index is 1.24. The molecule has 0 aliphatic carbocycles. The minimum atomic E-state index is 0.162. The van der Waals surface area contributed by atoms with E-state index in [1.54, 1.807) is 12.0 Å². The van der Waals surface area contributed by atoms with Crippen LogP contribution in [0.3, 0.4) is 0 Å². The molecule has 7 N–H and O–H groups in total. The molecule has 4 fully saturated rings. The van der Waals surface area contributed by atoms with Crippen LogP contribution in [-0.2, 0) is 9.57 Å². The second kappa shape index (κ2) is 10.6. The fourth-order valence-electron chi connectivity index (χ4n) is 5.70. The standard InChI is InChI=1S/C20H40N6O2/c1-27-12-10-23-18-13-16(6-9-22-18)19-24-20(28-25-19)17-3-2-11-26(17)14-15-4-7-21-8-5-15/h15-25H,2-14H2,1H3/p+2/t16?,17-,18?,19?,20?/m1/s1. The molecule has 8 nitrogen and oxygen atoms in total. The summed E-state index contributed by atoms with van der Waals surface area (Å²) in [6.07, 6.45) is 8.64. The molecule has 28 heavy (non-hydrogen) atoms. The van der Waals surface area contributed by atoms with Crippen LogP contribution in [-0.4, -0.2) is 77.6 Å². The van der Waals surface area contributed by atoms with Gasteiger partial charge in [-0.2, -0.15) is 5.48 Å². The monoisotopic (exact) mass is 398 g/mol. The molecule has 0 amide bonds. The van der Waals surface area contributed by atoms with Gasteiger partial charge in [-0.05, 0) is 25.9 Å². The van der Waals surface area contributed by atoms with Crippen molar-refractivity contribution in [3.05, 3.63) is 0 Å². The Bertz CT molecular complexity index is 464. The fourth-order valence-corrected chi connectivity index (χ4v) is 5.70. The Labute approximate surface area is 169 Å². The highest BCUT2D eigenvalue weighted by molar-refractivity contribution is 4.84. The lowest BCUT2D eigenvalue weighted by molar-refractivity contribution is -0.919. The van der Waals surface area contributed by atoms with Gasteiger partial charge in [0.1, 0.15) is 12.2 Å². The molecule has 0 radical (unpaired) electrons. The van der Waals surface area contributed by atoms with Crippen LogP contribution in [0.2, 0.25) is 0 Å². The number of rotatable bonds is 8. The molecule has 6 atom stereocenters. The van der Waals surface area contributed by atoms with Crippen molar-refractivity contribution < 1.29 is 19.8 Å². The van der Waals surface area contributed by atoms with Gasteiger partial charge in [-0.25, -0.2) is 0 Å². The van der Waals surface area contributed by atoms with E-state index in [0.717, 1.165) is 19.1 Å². The number of methoxy groups -OCH3 is 1. The van der Waals surface area contributed by atoms with Crippen LogP contribution >= 0.6 is 0 Å². The normalized spacial score (nSPS) is 40.2. The first kappa shape index (κ1) is 20.9. The SMILES string of the molecule is COCCNC1CC(C2NOC([C@H]3CCC[NH+]3CC3CCNCC3)N2)CC[NH2+]1. The van der Waals surface area contributed by atoms with Crippen molar-refractivity contribution in [3.8, 4) is 0 Å². The molecule has 4 aliphatic rings. The minimum Gasteiger partial charge on any atom is -0.383 e. The maximum absolute atomic E-state index is 6.11. The third-order valence-electron chi connectivity index (χ3n) is 7.31. The predicted octanol–water partition coefficient (Wildman–Crippen LogP) is -2.65. The summed E-state index contributed by atoms with van der Waals surface area (Å²) in [5.74, 6) is 1.50. The van der Waals surface area contributed by atoms with Crippen LogP contribution in [0, 0.1) is 11.8 Å². The van der Waals surface area contributed by atoms with Crippen molar-refractivity contribution in [3.63, 3.8) is 0 Å². The Kier molecular flexibility index (Phi) is 7.95. The zero-order chi connectivity index (χ0) is 19.2. The molecule has 0 aromatic heterocycles. The first-order chi connectivity index (χ1) is 13.8. The molecule has 4 heterocycles. The van der Waals surface area contributed by atoms with E-state index in [2.05, 4.69) is 26.7 Å². The number of piperidine rings is 2. The number of nitrogens with one attached hydrogen (secondary N) is 5. The summed E-state index contributed by atoms with van der Waals surface area (Å²) in [4.78, 5) is 7.88. The largest absolute Gasteiger partial charge is 0.383 e. The van der Waals surface area contributed by atoms with E-state index in [1.165, 1.54) is 71.2 Å². The lowest BCUT2D eigenvalue weighted by atomic mass is 9.92. The summed E-state index contributed by atoms with van der Waals surface area (Å²) in [6.45, 7) is 7.90. The molecule has 0 spiro atoms. The molecule has 8 heteroatoms. The topological polar surface area (TPSA) is 87.6 Å². The second-order valence-electron chi connectivity index (χ2n) is 9.22. The second-order valence-corrected chi connectivity index (χ2v) is 9.22. The Morgan fingerprint density at radius 1 is 1.21 bits per heavy atom. The minimum absolute atomic E-state index is 0.162. The van der Waals surface area contributed by atoms with Gasteiger partial charge in [-0.3, -0.25) is 15.5 Å². The highest BCUT2D eigenvalue weighted by Crippen LogP contribution is 2.20. The number of hydroxylamine groups is 1. The van der Waals surface area contributed by atoms with E-state index < -0.39 is 0 Å². The van der Waals surface area contributed by atoms with Gasteiger partial charge in [0.15, 0.2) is 6.23 Å². The lowest BCUT2D eigenvalue weighted by Gasteiger charge is -2.32. The van der Waals surface area contributed by atoms with Crippen molar-refractivity contribution in [1.82, 2.24) is 21.4 Å². The van der Waals surface area contributed by atoms with E-state index in [0.29, 0.717) is 18.1 Å². The molecule has 162 valence electrons. The van der Waals surface area contributed by atoms with Gasteiger partial charge in [-0.1, -0.05) is 0 Å². The van der Waals surface area contributed by atoms with Crippen LogP contribution in [0.4, 0.5) is 0 Å². The summed E-state index contributed by atoms with van der Waals surface area (Å²) in [6, 6.07) is 0.596. The van der Waals surface area contributed by atoms with Crippen molar-refractivity contribution in [2.45, 2.75) is 63.1 Å². The van der Waals surface area contributed by atoms with E-state index in [1.807, 2.05) is 0 Å². The molecular formula is C20H42N6O2+2. The summed E-state index contributed by atoms with van der Waals surface area (Å²) in [5.41, 5.74) is 3.36. The number of ether oxygens (including phenoxy) is 1. The van der Waals surface area contributed by atoms with Crippen molar-refractivity contribution in [2.24, 2.45) is 11.8 Å². The summed E-state index contributed by atoms with van der Waals surface area (Å²) in [5, 5.41) is 13.4. The van der Waals surface area contributed by atoms with E-state index in [4.69, 9.17) is 9.57 Å². The third-order valence-corrected chi connectivity index (χ3v) is 7.31. The third kappa shape index (κ3) is 5.43. The number of nitrogens with two attached hydrogens (primary N) is 1. The highest BCUT2D eigenvalue weighted by atomic mass is 16.7. The van der Waals surface area contributed by atoms with Crippen LogP contribution < -0.4 is 31.6 Å². The van der Waals surface area contributed by atoms with Crippen LogP contribution in [0.5, 0.6) is 0 Å². The maximum atomic E-state index is 6.11. The zero-order valence-electron chi connectivity index (χ0n) is 17.6. The molecule has 0 bridgehead atoms. The number of likely N-dealkylation sites (tertiary alicyclic amines) is 1. The summed E-state index contributed by atoms with van der Waals surface area (Å²) >= 11 is 0. The van der Waals surface area contributed by atoms with E-state index in [-0.39, 0.29) is 12.4 Å². The lowest BCUT2D eigenvalue weighted by Crippen LogP contribution is -3.16. The predicted molar refractivity (Wildman–Crippen MR) is 107 cm³/mol. The molecule has 0 aromatic rings. The maximum Gasteiger partial charge on any atom is 0.183 e. The smallest absolute Gasteiger partial charge is 0.183 e.